The number of carbonyl (C=O) groups excluding carboxylic acids is 2. The number of benzene rings is 1. The normalized spacial score (nSPS) is 19.9. The average Bonchev–Trinajstić information content (AvgIpc) is 3.03. The van der Waals surface area contributed by atoms with E-state index in [2.05, 4.69) is 20.4 Å². The number of carbonyl (C=O) groups is 2. The lowest BCUT2D eigenvalue weighted by molar-refractivity contribution is -0.126. The van der Waals surface area contributed by atoms with Crippen LogP contribution in [0.15, 0.2) is 30.9 Å². The first kappa shape index (κ1) is 17.7. The van der Waals surface area contributed by atoms with Gasteiger partial charge in [-0.05, 0) is 41.7 Å². The molecule has 2 aliphatic rings. The summed E-state index contributed by atoms with van der Waals surface area (Å²) >= 11 is 0. The number of morpholine rings is 1. The SMILES string of the molecule is C=CC(=O)N1Cc2ccc(C(=O)N3CCOC[C@H]3CC(C)C)cc2C1. The van der Waals surface area contributed by atoms with Crippen LogP contribution in [0.2, 0.25) is 0 Å². The van der Waals surface area contributed by atoms with E-state index in [1.807, 2.05) is 23.1 Å². The Morgan fingerprint density at radius 3 is 2.80 bits per heavy atom. The van der Waals surface area contributed by atoms with Gasteiger partial charge in [-0.1, -0.05) is 26.5 Å². The minimum Gasteiger partial charge on any atom is -0.377 e. The highest BCUT2D eigenvalue weighted by Crippen LogP contribution is 2.26. The van der Waals surface area contributed by atoms with Crippen molar-refractivity contribution in [2.24, 2.45) is 5.92 Å². The fourth-order valence-electron chi connectivity index (χ4n) is 3.64. The summed E-state index contributed by atoms with van der Waals surface area (Å²) in [5.74, 6) is 0.500. The van der Waals surface area contributed by atoms with Crippen LogP contribution in [0.25, 0.3) is 0 Å². The van der Waals surface area contributed by atoms with Crippen LogP contribution in [0.3, 0.4) is 0 Å². The second kappa shape index (κ2) is 7.40. The Morgan fingerprint density at radius 1 is 1.32 bits per heavy atom. The van der Waals surface area contributed by atoms with Crippen LogP contribution in [0.5, 0.6) is 0 Å². The number of hydrogen-bond donors (Lipinski definition) is 0. The number of amides is 2. The molecule has 0 N–H and O–H groups in total. The molecule has 134 valence electrons. The molecule has 0 spiro atoms. The first-order chi connectivity index (χ1) is 12.0. The molecule has 1 aromatic rings. The third-order valence-electron chi connectivity index (χ3n) is 4.89. The fourth-order valence-corrected chi connectivity index (χ4v) is 3.64. The number of nitrogens with zero attached hydrogens (tertiary/aromatic N) is 2. The van der Waals surface area contributed by atoms with Crippen LogP contribution >= 0.6 is 0 Å². The van der Waals surface area contributed by atoms with Crippen LogP contribution in [0, 0.1) is 5.92 Å². The molecule has 2 aliphatic heterocycles. The maximum Gasteiger partial charge on any atom is 0.254 e. The van der Waals surface area contributed by atoms with Crippen LogP contribution in [0.4, 0.5) is 0 Å². The van der Waals surface area contributed by atoms with E-state index < -0.39 is 0 Å². The van der Waals surface area contributed by atoms with Crippen molar-refractivity contribution >= 4 is 11.8 Å². The summed E-state index contributed by atoms with van der Waals surface area (Å²) in [6, 6.07) is 5.92. The molecule has 1 aromatic carbocycles. The number of fused-ring (bicyclic) bond motifs is 1. The van der Waals surface area contributed by atoms with E-state index in [1.54, 1.807) is 4.90 Å². The fraction of sp³-hybridized carbons (Fsp3) is 0.500. The van der Waals surface area contributed by atoms with Crippen LogP contribution in [0.1, 0.15) is 41.8 Å². The van der Waals surface area contributed by atoms with Crippen molar-refractivity contribution in [1.29, 1.82) is 0 Å². The van der Waals surface area contributed by atoms with Crippen molar-refractivity contribution in [3.8, 4) is 0 Å². The lowest BCUT2D eigenvalue weighted by Gasteiger charge is -2.36. The minimum absolute atomic E-state index is 0.0604. The van der Waals surface area contributed by atoms with E-state index in [4.69, 9.17) is 4.74 Å². The molecule has 0 aliphatic carbocycles. The van der Waals surface area contributed by atoms with E-state index in [-0.39, 0.29) is 17.9 Å². The Morgan fingerprint density at radius 2 is 2.08 bits per heavy atom. The molecule has 0 saturated carbocycles. The first-order valence-corrected chi connectivity index (χ1v) is 8.91. The minimum atomic E-state index is -0.0748. The molecular formula is C20H26N2O3. The summed E-state index contributed by atoms with van der Waals surface area (Å²) in [5, 5.41) is 0. The molecule has 0 unspecified atom stereocenters. The molecule has 1 atom stereocenters. The summed E-state index contributed by atoms with van der Waals surface area (Å²) in [5.41, 5.74) is 2.85. The summed E-state index contributed by atoms with van der Waals surface area (Å²) in [6.07, 6.45) is 2.28. The third-order valence-corrected chi connectivity index (χ3v) is 4.89. The van der Waals surface area contributed by atoms with Gasteiger partial charge in [-0.2, -0.15) is 0 Å². The van der Waals surface area contributed by atoms with Gasteiger partial charge in [0.2, 0.25) is 5.91 Å². The monoisotopic (exact) mass is 342 g/mol. The Bertz CT molecular complexity index is 684. The smallest absolute Gasteiger partial charge is 0.254 e. The lowest BCUT2D eigenvalue weighted by Crippen LogP contribution is -2.49. The third kappa shape index (κ3) is 3.76. The molecule has 25 heavy (non-hydrogen) atoms. The van der Waals surface area contributed by atoms with Crippen molar-refractivity contribution in [1.82, 2.24) is 9.80 Å². The summed E-state index contributed by atoms with van der Waals surface area (Å²) < 4.78 is 5.58. The van der Waals surface area contributed by atoms with Crippen molar-refractivity contribution in [2.45, 2.75) is 39.4 Å². The van der Waals surface area contributed by atoms with Gasteiger partial charge < -0.3 is 14.5 Å². The van der Waals surface area contributed by atoms with E-state index in [9.17, 15) is 9.59 Å². The van der Waals surface area contributed by atoms with Gasteiger partial charge in [0, 0.05) is 25.2 Å². The second-order valence-corrected chi connectivity index (χ2v) is 7.24. The Hall–Kier alpha value is -2.14. The summed E-state index contributed by atoms with van der Waals surface area (Å²) in [4.78, 5) is 28.5. The van der Waals surface area contributed by atoms with Gasteiger partial charge in [-0.25, -0.2) is 0 Å². The highest BCUT2D eigenvalue weighted by molar-refractivity contribution is 5.95. The maximum absolute atomic E-state index is 13.0. The second-order valence-electron chi connectivity index (χ2n) is 7.24. The van der Waals surface area contributed by atoms with Crippen molar-refractivity contribution in [3.05, 3.63) is 47.5 Å². The van der Waals surface area contributed by atoms with Crippen molar-refractivity contribution in [3.63, 3.8) is 0 Å². The number of rotatable bonds is 4. The van der Waals surface area contributed by atoms with Gasteiger partial charge in [0.15, 0.2) is 0 Å². The molecule has 2 heterocycles. The van der Waals surface area contributed by atoms with E-state index in [1.165, 1.54) is 6.08 Å². The summed E-state index contributed by atoms with van der Waals surface area (Å²) in [7, 11) is 0. The Kier molecular flexibility index (Phi) is 5.23. The molecule has 2 amide bonds. The Labute approximate surface area is 149 Å². The number of hydrogen-bond acceptors (Lipinski definition) is 3. The predicted octanol–water partition coefficient (Wildman–Crippen LogP) is 2.60. The van der Waals surface area contributed by atoms with Crippen LogP contribution in [-0.4, -0.2) is 47.4 Å². The molecule has 3 rings (SSSR count). The Balaban J connectivity index is 1.77. The molecule has 1 fully saturated rings. The van der Waals surface area contributed by atoms with Gasteiger partial charge in [0.05, 0.1) is 19.3 Å². The molecule has 0 bridgehead atoms. The maximum atomic E-state index is 13.0. The zero-order valence-corrected chi connectivity index (χ0v) is 15.0. The molecule has 5 heteroatoms. The molecular weight excluding hydrogens is 316 g/mol. The van der Waals surface area contributed by atoms with E-state index in [0.717, 1.165) is 17.5 Å². The largest absolute Gasteiger partial charge is 0.377 e. The highest BCUT2D eigenvalue weighted by Gasteiger charge is 2.30. The zero-order chi connectivity index (χ0) is 18.0. The molecule has 0 aromatic heterocycles. The van der Waals surface area contributed by atoms with Crippen LogP contribution < -0.4 is 0 Å². The zero-order valence-electron chi connectivity index (χ0n) is 15.0. The van der Waals surface area contributed by atoms with E-state index in [0.29, 0.717) is 44.3 Å². The van der Waals surface area contributed by atoms with Gasteiger partial charge in [0.1, 0.15) is 0 Å². The highest BCUT2D eigenvalue weighted by atomic mass is 16.5. The van der Waals surface area contributed by atoms with Crippen molar-refractivity contribution < 1.29 is 14.3 Å². The average molecular weight is 342 g/mol. The van der Waals surface area contributed by atoms with Gasteiger partial charge in [0.25, 0.3) is 5.91 Å². The molecule has 5 nitrogen and oxygen atoms in total. The quantitative estimate of drug-likeness (QED) is 0.790. The van der Waals surface area contributed by atoms with Gasteiger partial charge in [-0.3, -0.25) is 9.59 Å². The van der Waals surface area contributed by atoms with Gasteiger partial charge in [-0.15, -0.1) is 0 Å². The molecule has 0 radical (unpaired) electrons. The topological polar surface area (TPSA) is 49.9 Å². The number of ether oxygens (including phenoxy) is 1. The van der Waals surface area contributed by atoms with Crippen molar-refractivity contribution in [2.75, 3.05) is 19.8 Å². The first-order valence-electron chi connectivity index (χ1n) is 8.91. The lowest BCUT2D eigenvalue weighted by atomic mass is 10.00. The summed E-state index contributed by atoms with van der Waals surface area (Å²) in [6.45, 7) is 10.8. The molecule has 1 saturated heterocycles. The van der Waals surface area contributed by atoms with E-state index >= 15 is 0 Å². The van der Waals surface area contributed by atoms with Gasteiger partial charge >= 0.3 is 0 Å². The standard InChI is InChI=1S/C20H26N2O3/c1-4-19(23)21-11-16-6-5-15(10-17(16)12-21)20(24)22-7-8-25-13-18(22)9-14(2)3/h4-6,10,14,18H,1,7-9,11-13H2,2-3H3/t18-/m1/s1. The van der Waals surface area contributed by atoms with Crippen LogP contribution in [-0.2, 0) is 22.6 Å². The predicted molar refractivity (Wildman–Crippen MR) is 96.0 cm³/mol.